The lowest BCUT2D eigenvalue weighted by atomic mass is 10.1. The summed E-state index contributed by atoms with van der Waals surface area (Å²) in [6.07, 6.45) is 0. The molecule has 0 radical (unpaired) electrons. The summed E-state index contributed by atoms with van der Waals surface area (Å²) in [7, 11) is 3.44. The maximum atomic E-state index is 13.6. The van der Waals surface area contributed by atoms with Gasteiger partial charge in [0.15, 0.2) is 11.6 Å². The lowest BCUT2D eigenvalue weighted by Crippen LogP contribution is -2.21. The first-order valence-corrected chi connectivity index (χ1v) is 5.31. The number of likely N-dealkylation sites (N-methyl/N-ethyl adjacent to an activating group) is 1. The molecule has 0 heterocycles. The average Bonchev–Trinajstić information content (AvgIpc) is 2.29. The lowest BCUT2D eigenvalue weighted by molar-refractivity contribution is 0.170. The molecule has 0 aliphatic rings. The minimum Gasteiger partial charge on any atom is -0.491 e. The Balaban J connectivity index is 2.85. The molecule has 0 aliphatic carbocycles. The molecule has 0 bridgehead atoms. The van der Waals surface area contributed by atoms with Gasteiger partial charge in [-0.25, -0.2) is 4.39 Å². The number of methoxy groups -OCH3 is 1. The van der Waals surface area contributed by atoms with Gasteiger partial charge in [-0.1, -0.05) is 6.07 Å². The minimum absolute atomic E-state index is 0.00447. The largest absolute Gasteiger partial charge is 0.491 e. The van der Waals surface area contributed by atoms with Crippen molar-refractivity contribution in [2.75, 3.05) is 27.4 Å². The van der Waals surface area contributed by atoms with Crippen molar-refractivity contribution < 1.29 is 13.9 Å². The van der Waals surface area contributed by atoms with Gasteiger partial charge in [-0.3, -0.25) is 0 Å². The number of ether oxygens (including phenoxy) is 2. The second-order valence-electron chi connectivity index (χ2n) is 3.42. The summed E-state index contributed by atoms with van der Waals surface area (Å²) in [5.41, 5.74) is 0.852. The summed E-state index contributed by atoms with van der Waals surface area (Å²) in [6, 6.07) is 4.96. The topological polar surface area (TPSA) is 30.5 Å². The van der Waals surface area contributed by atoms with E-state index in [1.165, 1.54) is 6.07 Å². The Morgan fingerprint density at radius 3 is 2.69 bits per heavy atom. The fourth-order valence-corrected chi connectivity index (χ4v) is 1.52. The summed E-state index contributed by atoms with van der Waals surface area (Å²) in [5.74, 6) is -0.0470. The first-order valence-electron chi connectivity index (χ1n) is 5.31. The second-order valence-corrected chi connectivity index (χ2v) is 3.42. The van der Waals surface area contributed by atoms with Crippen molar-refractivity contribution in [3.8, 4) is 5.75 Å². The van der Waals surface area contributed by atoms with Gasteiger partial charge in [-0.2, -0.15) is 0 Å². The molecule has 90 valence electrons. The Hall–Kier alpha value is -1.13. The van der Waals surface area contributed by atoms with Crippen LogP contribution < -0.4 is 10.1 Å². The van der Waals surface area contributed by atoms with E-state index in [1.807, 2.05) is 20.0 Å². The molecule has 3 nitrogen and oxygen atoms in total. The monoisotopic (exact) mass is 227 g/mol. The molecule has 0 spiro atoms. The first kappa shape index (κ1) is 12.9. The van der Waals surface area contributed by atoms with Crippen molar-refractivity contribution in [1.29, 1.82) is 0 Å². The van der Waals surface area contributed by atoms with Crippen molar-refractivity contribution in [3.63, 3.8) is 0 Å². The highest BCUT2D eigenvalue weighted by Gasteiger charge is 2.11. The predicted octanol–water partition coefficient (Wildman–Crippen LogP) is 2.13. The van der Waals surface area contributed by atoms with Gasteiger partial charge in [0.1, 0.15) is 0 Å². The standard InChI is InChI=1S/C12H18FNO2/c1-4-16-12-6-5-9(7-10(12)13)11(14-2)8-15-3/h5-7,11,14H,4,8H2,1-3H3. The molecule has 0 amide bonds. The Morgan fingerprint density at radius 1 is 1.44 bits per heavy atom. The molecule has 0 aromatic heterocycles. The third kappa shape index (κ3) is 3.18. The van der Waals surface area contributed by atoms with Crippen molar-refractivity contribution in [2.24, 2.45) is 0 Å². The molecule has 4 heteroatoms. The molecule has 0 aliphatic heterocycles. The number of hydrogen-bond donors (Lipinski definition) is 1. The van der Waals surface area contributed by atoms with E-state index in [0.717, 1.165) is 5.56 Å². The average molecular weight is 227 g/mol. The van der Waals surface area contributed by atoms with Gasteiger partial charge in [0.2, 0.25) is 0 Å². The number of benzene rings is 1. The van der Waals surface area contributed by atoms with E-state index >= 15 is 0 Å². The molecule has 1 aromatic carbocycles. The Kier molecular flexibility index (Phi) is 5.22. The molecule has 16 heavy (non-hydrogen) atoms. The van der Waals surface area contributed by atoms with Crippen molar-refractivity contribution >= 4 is 0 Å². The fraction of sp³-hybridized carbons (Fsp3) is 0.500. The molecular weight excluding hydrogens is 209 g/mol. The molecule has 1 N–H and O–H groups in total. The molecule has 1 aromatic rings. The van der Waals surface area contributed by atoms with Gasteiger partial charge in [0, 0.05) is 7.11 Å². The zero-order valence-corrected chi connectivity index (χ0v) is 9.92. The van der Waals surface area contributed by atoms with Crippen LogP contribution in [-0.4, -0.2) is 27.4 Å². The molecular formula is C12H18FNO2. The number of hydrogen-bond acceptors (Lipinski definition) is 3. The van der Waals surface area contributed by atoms with Crippen molar-refractivity contribution in [2.45, 2.75) is 13.0 Å². The van der Waals surface area contributed by atoms with Crippen molar-refractivity contribution in [3.05, 3.63) is 29.6 Å². The number of nitrogens with one attached hydrogen (secondary N) is 1. The van der Waals surface area contributed by atoms with Crippen LogP contribution in [0.25, 0.3) is 0 Å². The molecule has 1 rings (SSSR count). The van der Waals surface area contributed by atoms with Crippen LogP contribution in [0.3, 0.4) is 0 Å². The summed E-state index contributed by atoms with van der Waals surface area (Å²) >= 11 is 0. The van der Waals surface area contributed by atoms with E-state index in [9.17, 15) is 4.39 Å². The zero-order valence-electron chi connectivity index (χ0n) is 9.92. The zero-order chi connectivity index (χ0) is 12.0. The van der Waals surface area contributed by atoms with Gasteiger partial charge in [-0.05, 0) is 31.7 Å². The highest BCUT2D eigenvalue weighted by atomic mass is 19.1. The van der Waals surface area contributed by atoms with Gasteiger partial charge in [0.05, 0.1) is 19.3 Å². The number of halogens is 1. The molecule has 0 fully saturated rings. The van der Waals surface area contributed by atoms with Crippen LogP contribution in [0.1, 0.15) is 18.5 Å². The summed E-state index contributed by atoms with van der Waals surface area (Å²) in [4.78, 5) is 0. The van der Waals surface area contributed by atoms with Crippen LogP contribution >= 0.6 is 0 Å². The smallest absolute Gasteiger partial charge is 0.165 e. The Bertz CT molecular complexity index is 331. The number of rotatable bonds is 6. The van der Waals surface area contributed by atoms with Crippen molar-refractivity contribution in [1.82, 2.24) is 5.32 Å². The van der Waals surface area contributed by atoms with Crippen LogP contribution in [0.15, 0.2) is 18.2 Å². The van der Waals surface area contributed by atoms with Gasteiger partial charge in [0.25, 0.3) is 0 Å². The van der Waals surface area contributed by atoms with Crippen LogP contribution in [0, 0.1) is 5.82 Å². The third-order valence-electron chi connectivity index (χ3n) is 2.34. The second kappa shape index (κ2) is 6.45. The fourth-order valence-electron chi connectivity index (χ4n) is 1.52. The minimum atomic E-state index is -0.337. The Morgan fingerprint density at radius 2 is 2.19 bits per heavy atom. The highest BCUT2D eigenvalue weighted by Crippen LogP contribution is 2.22. The molecule has 1 unspecified atom stereocenters. The summed E-state index contributed by atoms with van der Waals surface area (Å²) < 4.78 is 23.8. The van der Waals surface area contributed by atoms with Crippen LogP contribution in [0.2, 0.25) is 0 Å². The van der Waals surface area contributed by atoms with E-state index in [1.54, 1.807) is 13.2 Å². The van der Waals surface area contributed by atoms with E-state index in [0.29, 0.717) is 19.0 Å². The van der Waals surface area contributed by atoms with Crippen LogP contribution in [0.5, 0.6) is 5.75 Å². The van der Waals surface area contributed by atoms with Gasteiger partial charge < -0.3 is 14.8 Å². The maximum Gasteiger partial charge on any atom is 0.165 e. The van der Waals surface area contributed by atoms with Gasteiger partial charge in [-0.15, -0.1) is 0 Å². The van der Waals surface area contributed by atoms with E-state index in [2.05, 4.69) is 5.32 Å². The van der Waals surface area contributed by atoms with E-state index < -0.39 is 0 Å². The molecule has 1 atom stereocenters. The van der Waals surface area contributed by atoms with Crippen LogP contribution in [0.4, 0.5) is 4.39 Å². The molecule has 0 saturated heterocycles. The van der Waals surface area contributed by atoms with E-state index in [-0.39, 0.29) is 11.9 Å². The third-order valence-corrected chi connectivity index (χ3v) is 2.34. The maximum absolute atomic E-state index is 13.6. The molecule has 0 saturated carbocycles. The predicted molar refractivity (Wildman–Crippen MR) is 61.2 cm³/mol. The highest BCUT2D eigenvalue weighted by molar-refractivity contribution is 5.31. The van der Waals surface area contributed by atoms with Gasteiger partial charge >= 0.3 is 0 Å². The Labute approximate surface area is 95.6 Å². The lowest BCUT2D eigenvalue weighted by Gasteiger charge is -2.16. The summed E-state index contributed by atoms with van der Waals surface area (Å²) in [5, 5.41) is 3.07. The quantitative estimate of drug-likeness (QED) is 0.807. The van der Waals surface area contributed by atoms with E-state index in [4.69, 9.17) is 9.47 Å². The first-order chi connectivity index (χ1) is 7.72. The SMILES string of the molecule is CCOc1ccc(C(COC)NC)cc1F. The normalized spacial score (nSPS) is 12.5. The van der Waals surface area contributed by atoms with Crippen LogP contribution in [-0.2, 0) is 4.74 Å². The summed E-state index contributed by atoms with van der Waals surface area (Å²) in [6.45, 7) is 2.79.